The third-order valence-electron chi connectivity index (χ3n) is 1.77. The Hall–Kier alpha value is -0.480. The lowest BCUT2D eigenvalue weighted by Gasteiger charge is -2.29. The Kier molecular flexibility index (Phi) is 4.18. The van der Waals surface area contributed by atoms with E-state index in [1.807, 2.05) is 12.5 Å². The predicted octanol–water partition coefficient (Wildman–Crippen LogP) is 0.754. The number of nitrogens with zero attached hydrogens (tertiary/aromatic N) is 2. The van der Waals surface area contributed by atoms with Gasteiger partial charge in [-0.25, -0.2) is 0 Å². The highest BCUT2D eigenvalue weighted by Gasteiger charge is 2.12. The van der Waals surface area contributed by atoms with Gasteiger partial charge in [-0.15, -0.1) is 0 Å². The Labute approximate surface area is 77.9 Å². The van der Waals surface area contributed by atoms with Crippen LogP contribution in [-0.4, -0.2) is 43.3 Å². The molecule has 0 aromatic rings. The Morgan fingerprint density at radius 3 is 2.75 bits per heavy atom. The van der Waals surface area contributed by atoms with Crippen LogP contribution >= 0.6 is 11.8 Å². The van der Waals surface area contributed by atoms with E-state index in [9.17, 15) is 0 Å². The molecule has 1 rings (SSSR count). The summed E-state index contributed by atoms with van der Waals surface area (Å²) in [6.07, 6.45) is 0. The SMILES string of the molecule is C=CSC(=NC)N1CCNCC1. The number of piperazine rings is 1. The first kappa shape index (κ1) is 9.61. The first-order valence-electron chi connectivity index (χ1n) is 4.08. The summed E-state index contributed by atoms with van der Waals surface area (Å²) in [6, 6.07) is 0. The molecule has 0 spiro atoms. The molecule has 1 aliphatic heterocycles. The summed E-state index contributed by atoms with van der Waals surface area (Å²) in [4.78, 5) is 6.49. The average Bonchev–Trinajstić information content (AvgIpc) is 2.15. The van der Waals surface area contributed by atoms with E-state index in [4.69, 9.17) is 0 Å². The third-order valence-corrected chi connectivity index (χ3v) is 2.59. The van der Waals surface area contributed by atoms with Crippen molar-refractivity contribution in [2.24, 2.45) is 4.99 Å². The van der Waals surface area contributed by atoms with Crippen LogP contribution in [0.4, 0.5) is 0 Å². The molecule has 0 aromatic carbocycles. The summed E-state index contributed by atoms with van der Waals surface area (Å²) in [5.41, 5.74) is 0. The van der Waals surface area contributed by atoms with Gasteiger partial charge in [-0.1, -0.05) is 18.3 Å². The summed E-state index contributed by atoms with van der Waals surface area (Å²) in [5.74, 6) is 0. The highest BCUT2D eigenvalue weighted by Crippen LogP contribution is 2.09. The molecule has 0 atom stereocenters. The first-order chi connectivity index (χ1) is 5.88. The number of thioether (sulfide) groups is 1. The van der Waals surface area contributed by atoms with Gasteiger partial charge in [0.25, 0.3) is 0 Å². The zero-order valence-electron chi connectivity index (χ0n) is 7.42. The van der Waals surface area contributed by atoms with Gasteiger partial charge in [0.1, 0.15) is 0 Å². The molecule has 0 aromatic heterocycles. The smallest absolute Gasteiger partial charge is 0.163 e. The van der Waals surface area contributed by atoms with Gasteiger partial charge in [-0.05, 0) is 5.41 Å². The van der Waals surface area contributed by atoms with Crippen molar-refractivity contribution in [3.63, 3.8) is 0 Å². The number of amidine groups is 1. The van der Waals surface area contributed by atoms with Crippen LogP contribution in [0.25, 0.3) is 0 Å². The van der Waals surface area contributed by atoms with Crippen molar-refractivity contribution < 1.29 is 0 Å². The summed E-state index contributed by atoms with van der Waals surface area (Å²) in [5, 5.41) is 6.20. The van der Waals surface area contributed by atoms with Crippen LogP contribution in [0.5, 0.6) is 0 Å². The van der Waals surface area contributed by atoms with E-state index in [0.29, 0.717) is 0 Å². The van der Waals surface area contributed by atoms with Gasteiger partial charge in [-0.3, -0.25) is 4.99 Å². The van der Waals surface area contributed by atoms with Gasteiger partial charge in [0.2, 0.25) is 0 Å². The van der Waals surface area contributed by atoms with E-state index in [0.717, 1.165) is 31.3 Å². The maximum atomic E-state index is 4.21. The lowest BCUT2D eigenvalue weighted by atomic mass is 10.4. The van der Waals surface area contributed by atoms with E-state index in [1.165, 1.54) is 0 Å². The molecule has 1 saturated heterocycles. The molecule has 1 heterocycles. The van der Waals surface area contributed by atoms with Crippen LogP contribution in [0.1, 0.15) is 0 Å². The molecule has 1 fully saturated rings. The summed E-state index contributed by atoms with van der Waals surface area (Å²) >= 11 is 1.59. The zero-order valence-corrected chi connectivity index (χ0v) is 8.23. The van der Waals surface area contributed by atoms with Crippen molar-refractivity contribution >= 4 is 16.9 Å². The van der Waals surface area contributed by atoms with Crippen molar-refractivity contribution in [3.8, 4) is 0 Å². The van der Waals surface area contributed by atoms with Gasteiger partial charge in [0.15, 0.2) is 5.17 Å². The highest BCUT2D eigenvalue weighted by molar-refractivity contribution is 8.16. The normalized spacial score (nSPS) is 19.4. The van der Waals surface area contributed by atoms with Gasteiger partial charge in [0, 0.05) is 33.2 Å². The lowest BCUT2D eigenvalue weighted by molar-refractivity contribution is 0.363. The van der Waals surface area contributed by atoms with E-state index < -0.39 is 0 Å². The maximum Gasteiger partial charge on any atom is 0.163 e. The standard InChI is InChI=1S/C8H15N3S/c1-3-12-8(9-2)11-6-4-10-5-7-11/h3,10H,1,4-7H2,2H3. The Morgan fingerprint density at radius 2 is 2.25 bits per heavy atom. The average molecular weight is 185 g/mol. The van der Waals surface area contributed by atoms with E-state index >= 15 is 0 Å². The molecule has 3 nitrogen and oxygen atoms in total. The van der Waals surface area contributed by atoms with Gasteiger partial charge in [-0.2, -0.15) is 0 Å². The van der Waals surface area contributed by atoms with Crippen molar-refractivity contribution in [2.45, 2.75) is 0 Å². The predicted molar refractivity (Wildman–Crippen MR) is 55.6 cm³/mol. The van der Waals surface area contributed by atoms with Crippen LogP contribution in [0.15, 0.2) is 17.0 Å². The van der Waals surface area contributed by atoms with E-state index in [2.05, 4.69) is 21.8 Å². The third kappa shape index (κ3) is 2.53. The number of aliphatic imine (C=N–C) groups is 1. The number of hydrogen-bond donors (Lipinski definition) is 1. The second-order valence-electron chi connectivity index (χ2n) is 2.53. The monoisotopic (exact) mass is 185 g/mol. The Morgan fingerprint density at radius 1 is 1.58 bits per heavy atom. The molecule has 0 bridgehead atoms. The summed E-state index contributed by atoms with van der Waals surface area (Å²) in [6.45, 7) is 7.89. The van der Waals surface area contributed by atoms with Gasteiger partial charge < -0.3 is 10.2 Å². The molecule has 4 heteroatoms. The zero-order chi connectivity index (χ0) is 8.81. The number of hydrogen-bond acceptors (Lipinski definition) is 3. The van der Waals surface area contributed by atoms with Crippen molar-refractivity contribution in [1.29, 1.82) is 0 Å². The number of rotatable bonds is 1. The molecular weight excluding hydrogens is 170 g/mol. The van der Waals surface area contributed by atoms with E-state index in [1.54, 1.807) is 11.8 Å². The van der Waals surface area contributed by atoms with Crippen LogP contribution in [-0.2, 0) is 0 Å². The molecule has 0 saturated carbocycles. The topological polar surface area (TPSA) is 27.6 Å². The molecule has 0 aliphatic carbocycles. The molecule has 0 unspecified atom stereocenters. The van der Waals surface area contributed by atoms with Crippen molar-refractivity contribution in [2.75, 3.05) is 33.2 Å². The molecular formula is C8H15N3S. The minimum Gasteiger partial charge on any atom is -0.349 e. The second kappa shape index (κ2) is 5.22. The molecule has 1 aliphatic rings. The summed E-state index contributed by atoms with van der Waals surface area (Å²) < 4.78 is 0. The molecule has 12 heavy (non-hydrogen) atoms. The molecule has 1 N–H and O–H groups in total. The van der Waals surface area contributed by atoms with Gasteiger partial charge >= 0.3 is 0 Å². The van der Waals surface area contributed by atoms with Crippen LogP contribution in [0.2, 0.25) is 0 Å². The number of nitrogens with one attached hydrogen (secondary N) is 1. The minimum absolute atomic E-state index is 1.05. The highest BCUT2D eigenvalue weighted by atomic mass is 32.2. The fraction of sp³-hybridized carbons (Fsp3) is 0.625. The van der Waals surface area contributed by atoms with Crippen LogP contribution < -0.4 is 5.32 Å². The quantitative estimate of drug-likeness (QED) is 0.482. The minimum atomic E-state index is 1.05. The fourth-order valence-electron chi connectivity index (χ4n) is 1.20. The lowest BCUT2D eigenvalue weighted by Crippen LogP contribution is -2.45. The molecule has 68 valence electrons. The second-order valence-corrected chi connectivity index (χ2v) is 3.46. The van der Waals surface area contributed by atoms with Gasteiger partial charge in [0.05, 0.1) is 0 Å². The Balaban J connectivity index is 2.46. The van der Waals surface area contributed by atoms with E-state index in [-0.39, 0.29) is 0 Å². The first-order valence-corrected chi connectivity index (χ1v) is 4.96. The Bertz CT molecular complexity index is 173. The summed E-state index contributed by atoms with van der Waals surface area (Å²) in [7, 11) is 1.83. The molecule has 0 radical (unpaired) electrons. The maximum absolute atomic E-state index is 4.21. The van der Waals surface area contributed by atoms with Crippen LogP contribution in [0, 0.1) is 0 Å². The van der Waals surface area contributed by atoms with Crippen molar-refractivity contribution in [1.82, 2.24) is 10.2 Å². The largest absolute Gasteiger partial charge is 0.349 e. The van der Waals surface area contributed by atoms with Crippen molar-refractivity contribution in [3.05, 3.63) is 12.0 Å². The molecule has 0 amide bonds. The van der Waals surface area contributed by atoms with Crippen LogP contribution in [0.3, 0.4) is 0 Å². The fourth-order valence-corrected chi connectivity index (χ4v) is 1.79.